The van der Waals surface area contributed by atoms with E-state index >= 15 is 0 Å². The zero-order chi connectivity index (χ0) is 12.0. The lowest BCUT2D eigenvalue weighted by Crippen LogP contribution is -2.23. The van der Waals surface area contributed by atoms with Crippen molar-refractivity contribution >= 4 is 11.4 Å². The first kappa shape index (κ1) is 12.6. The van der Waals surface area contributed by atoms with Crippen LogP contribution in [0.25, 0.3) is 0 Å². The summed E-state index contributed by atoms with van der Waals surface area (Å²) in [6.07, 6.45) is 0.991. The zero-order valence-corrected chi connectivity index (χ0v) is 10.1. The van der Waals surface area contributed by atoms with Crippen LogP contribution in [0.15, 0.2) is 18.2 Å². The molecule has 4 heteroatoms. The Morgan fingerprint density at radius 2 is 2.06 bits per heavy atom. The highest BCUT2D eigenvalue weighted by atomic mass is 16.5. The SMILES string of the molecule is CCC(COC)Nc1cc(N)cc(OC)c1. The van der Waals surface area contributed by atoms with Crippen LogP contribution in [-0.4, -0.2) is 26.9 Å². The van der Waals surface area contributed by atoms with Crippen molar-refractivity contribution in [2.24, 2.45) is 0 Å². The fraction of sp³-hybridized carbons (Fsp3) is 0.500. The fourth-order valence-electron chi connectivity index (χ4n) is 1.52. The van der Waals surface area contributed by atoms with Crippen molar-refractivity contribution in [1.29, 1.82) is 0 Å². The Morgan fingerprint density at radius 1 is 1.31 bits per heavy atom. The fourth-order valence-corrected chi connectivity index (χ4v) is 1.52. The Labute approximate surface area is 96.7 Å². The van der Waals surface area contributed by atoms with Crippen LogP contribution < -0.4 is 15.8 Å². The highest BCUT2D eigenvalue weighted by Gasteiger charge is 2.06. The molecule has 0 saturated heterocycles. The molecule has 4 nitrogen and oxygen atoms in total. The minimum Gasteiger partial charge on any atom is -0.497 e. The summed E-state index contributed by atoms with van der Waals surface area (Å²) < 4.78 is 10.3. The summed E-state index contributed by atoms with van der Waals surface area (Å²) in [6.45, 7) is 2.79. The maximum atomic E-state index is 5.77. The van der Waals surface area contributed by atoms with Crippen LogP contribution >= 0.6 is 0 Å². The van der Waals surface area contributed by atoms with Gasteiger partial charge in [0, 0.05) is 36.7 Å². The molecule has 3 N–H and O–H groups in total. The number of nitrogens with one attached hydrogen (secondary N) is 1. The van der Waals surface area contributed by atoms with E-state index in [4.69, 9.17) is 15.2 Å². The number of benzene rings is 1. The molecule has 1 atom stereocenters. The van der Waals surface area contributed by atoms with Crippen molar-refractivity contribution in [3.63, 3.8) is 0 Å². The van der Waals surface area contributed by atoms with Gasteiger partial charge in [0.25, 0.3) is 0 Å². The lowest BCUT2D eigenvalue weighted by molar-refractivity contribution is 0.184. The monoisotopic (exact) mass is 224 g/mol. The Hall–Kier alpha value is -1.42. The van der Waals surface area contributed by atoms with Crippen molar-refractivity contribution < 1.29 is 9.47 Å². The van der Waals surface area contributed by atoms with Crippen molar-refractivity contribution in [2.45, 2.75) is 19.4 Å². The molecule has 0 aromatic heterocycles. The minimum atomic E-state index is 0.288. The second-order valence-corrected chi connectivity index (χ2v) is 3.70. The molecule has 0 aliphatic rings. The smallest absolute Gasteiger partial charge is 0.122 e. The molecule has 16 heavy (non-hydrogen) atoms. The molecule has 0 fully saturated rings. The van der Waals surface area contributed by atoms with Crippen LogP contribution in [0.5, 0.6) is 5.75 Å². The van der Waals surface area contributed by atoms with Crippen LogP contribution in [0, 0.1) is 0 Å². The average Bonchev–Trinajstić information content (AvgIpc) is 2.27. The molecule has 0 bridgehead atoms. The van der Waals surface area contributed by atoms with E-state index < -0.39 is 0 Å². The molecule has 0 heterocycles. The third kappa shape index (κ3) is 3.62. The van der Waals surface area contributed by atoms with Gasteiger partial charge in [-0.3, -0.25) is 0 Å². The van der Waals surface area contributed by atoms with Gasteiger partial charge in [-0.25, -0.2) is 0 Å². The highest BCUT2D eigenvalue weighted by Crippen LogP contribution is 2.23. The lowest BCUT2D eigenvalue weighted by Gasteiger charge is -2.18. The van der Waals surface area contributed by atoms with Gasteiger partial charge in [0.05, 0.1) is 13.7 Å². The Morgan fingerprint density at radius 3 is 2.62 bits per heavy atom. The maximum Gasteiger partial charge on any atom is 0.122 e. The van der Waals surface area contributed by atoms with Gasteiger partial charge in [-0.15, -0.1) is 0 Å². The first-order valence-electron chi connectivity index (χ1n) is 5.39. The number of ether oxygens (including phenoxy) is 2. The van der Waals surface area contributed by atoms with E-state index in [9.17, 15) is 0 Å². The van der Waals surface area contributed by atoms with Gasteiger partial charge in [-0.2, -0.15) is 0 Å². The average molecular weight is 224 g/mol. The van der Waals surface area contributed by atoms with Gasteiger partial charge in [-0.05, 0) is 12.5 Å². The highest BCUT2D eigenvalue weighted by molar-refractivity contribution is 5.59. The maximum absolute atomic E-state index is 5.77. The van der Waals surface area contributed by atoms with Crippen molar-refractivity contribution in [1.82, 2.24) is 0 Å². The summed E-state index contributed by atoms with van der Waals surface area (Å²) in [5.74, 6) is 0.759. The molecule has 90 valence electrons. The molecule has 0 radical (unpaired) electrons. The standard InChI is InChI=1S/C12H20N2O2/c1-4-10(8-15-2)14-11-5-9(13)6-12(7-11)16-3/h5-7,10,14H,4,8,13H2,1-3H3. The summed E-state index contributed by atoms with van der Waals surface area (Å²) in [4.78, 5) is 0. The largest absolute Gasteiger partial charge is 0.497 e. The first-order chi connectivity index (χ1) is 7.69. The van der Waals surface area contributed by atoms with Crippen molar-refractivity contribution in [2.75, 3.05) is 31.9 Å². The number of nitrogens with two attached hydrogens (primary N) is 1. The quantitative estimate of drug-likeness (QED) is 0.727. The number of rotatable bonds is 6. The Bertz CT molecular complexity index is 329. The van der Waals surface area contributed by atoms with Gasteiger partial charge < -0.3 is 20.5 Å². The molecule has 0 spiro atoms. The third-order valence-corrected chi connectivity index (χ3v) is 2.40. The molecule has 1 aromatic carbocycles. The molecule has 0 amide bonds. The van der Waals surface area contributed by atoms with E-state index in [0.29, 0.717) is 12.3 Å². The van der Waals surface area contributed by atoms with Crippen molar-refractivity contribution in [3.8, 4) is 5.75 Å². The number of methoxy groups -OCH3 is 2. The van der Waals surface area contributed by atoms with Gasteiger partial charge in [0.15, 0.2) is 0 Å². The number of hydrogen-bond acceptors (Lipinski definition) is 4. The lowest BCUT2D eigenvalue weighted by atomic mass is 10.2. The zero-order valence-electron chi connectivity index (χ0n) is 10.1. The van der Waals surface area contributed by atoms with Crippen molar-refractivity contribution in [3.05, 3.63) is 18.2 Å². The van der Waals surface area contributed by atoms with Crippen LogP contribution in [-0.2, 0) is 4.74 Å². The first-order valence-corrected chi connectivity index (χ1v) is 5.39. The summed E-state index contributed by atoms with van der Waals surface area (Å²) >= 11 is 0. The van der Waals surface area contributed by atoms with Gasteiger partial charge >= 0.3 is 0 Å². The van der Waals surface area contributed by atoms with E-state index in [2.05, 4.69) is 12.2 Å². The summed E-state index contributed by atoms with van der Waals surface area (Å²) in [6, 6.07) is 5.90. The number of anilines is 2. The minimum absolute atomic E-state index is 0.288. The second-order valence-electron chi connectivity index (χ2n) is 3.70. The normalized spacial score (nSPS) is 12.2. The number of nitrogen functional groups attached to an aromatic ring is 1. The van der Waals surface area contributed by atoms with Crippen LogP contribution in [0.1, 0.15) is 13.3 Å². The number of hydrogen-bond donors (Lipinski definition) is 2. The topological polar surface area (TPSA) is 56.5 Å². The molecule has 0 saturated carbocycles. The van der Waals surface area contributed by atoms with Crippen LogP contribution in [0.3, 0.4) is 0 Å². The molecule has 0 aliphatic heterocycles. The molecular weight excluding hydrogens is 204 g/mol. The summed E-state index contributed by atoms with van der Waals surface area (Å²) in [5, 5.41) is 3.36. The van der Waals surface area contributed by atoms with Crippen LogP contribution in [0.4, 0.5) is 11.4 Å². The predicted octanol–water partition coefficient (Wildman–Crippen LogP) is 2.11. The molecule has 1 aromatic rings. The molecular formula is C12H20N2O2. The molecule has 1 unspecified atom stereocenters. The van der Waals surface area contributed by atoms with Gasteiger partial charge in [0.2, 0.25) is 0 Å². The van der Waals surface area contributed by atoms with Gasteiger partial charge in [-0.1, -0.05) is 6.92 Å². The molecule has 1 rings (SSSR count). The molecule has 0 aliphatic carbocycles. The van der Waals surface area contributed by atoms with E-state index in [1.165, 1.54) is 0 Å². The Balaban J connectivity index is 2.74. The van der Waals surface area contributed by atoms with Crippen LogP contribution in [0.2, 0.25) is 0 Å². The van der Waals surface area contributed by atoms with E-state index in [-0.39, 0.29) is 6.04 Å². The second kappa shape index (κ2) is 6.23. The Kier molecular flexibility index (Phi) is 4.92. The van der Waals surface area contributed by atoms with Gasteiger partial charge in [0.1, 0.15) is 5.75 Å². The predicted molar refractivity (Wildman–Crippen MR) is 67.0 cm³/mol. The van der Waals surface area contributed by atoms with E-state index in [1.54, 1.807) is 20.3 Å². The van der Waals surface area contributed by atoms with E-state index in [1.807, 2.05) is 12.1 Å². The summed E-state index contributed by atoms with van der Waals surface area (Å²) in [5.41, 5.74) is 7.42. The summed E-state index contributed by atoms with van der Waals surface area (Å²) in [7, 11) is 3.33. The van der Waals surface area contributed by atoms with E-state index in [0.717, 1.165) is 17.9 Å². The third-order valence-electron chi connectivity index (χ3n) is 2.40.